The van der Waals surface area contributed by atoms with Gasteiger partial charge in [-0.25, -0.2) is 0 Å². The van der Waals surface area contributed by atoms with Crippen molar-refractivity contribution in [2.45, 2.75) is 58.9 Å². The van der Waals surface area contributed by atoms with E-state index < -0.39 is 0 Å². The minimum absolute atomic E-state index is 0.136. The van der Waals surface area contributed by atoms with Crippen LogP contribution in [0.2, 0.25) is 0 Å². The molecule has 2 nitrogen and oxygen atoms in total. The fourth-order valence-corrected chi connectivity index (χ4v) is 1.93. The minimum atomic E-state index is 0.136. The highest BCUT2D eigenvalue weighted by molar-refractivity contribution is 5.38. The van der Waals surface area contributed by atoms with Crippen LogP contribution in [0.15, 0.2) is 18.2 Å². The van der Waals surface area contributed by atoms with Crippen LogP contribution in [0.5, 0.6) is 5.75 Å². The van der Waals surface area contributed by atoms with E-state index in [0.717, 1.165) is 18.6 Å². The van der Waals surface area contributed by atoms with Crippen molar-refractivity contribution in [2.75, 3.05) is 6.61 Å². The molecule has 0 aliphatic rings. The average molecular weight is 249 g/mol. The van der Waals surface area contributed by atoms with Gasteiger partial charge in [-0.15, -0.1) is 0 Å². The van der Waals surface area contributed by atoms with Crippen molar-refractivity contribution in [3.63, 3.8) is 0 Å². The van der Waals surface area contributed by atoms with E-state index in [4.69, 9.17) is 10.5 Å². The highest BCUT2D eigenvalue weighted by Crippen LogP contribution is 2.27. The van der Waals surface area contributed by atoms with Crippen LogP contribution in [0.3, 0.4) is 0 Å². The lowest BCUT2D eigenvalue weighted by molar-refractivity contribution is 0.279. The topological polar surface area (TPSA) is 35.2 Å². The van der Waals surface area contributed by atoms with Gasteiger partial charge in [0.15, 0.2) is 0 Å². The third-order valence-electron chi connectivity index (χ3n) is 3.15. The summed E-state index contributed by atoms with van der Waals surface area (Å²) in [7, 11) is 0. The Morgan fingerprint density at radius 2 is 1.94 bits per heavy atom. The van der Waals surface area contributed by atoms with Crippen molar-refractivity contribution in [1.29, 1.82) is 0 Å². The standard InChI is InChI=1S/C16H27NO/c1-6-7-14(17)11-18-15-9-8-13(10-12(15)2)16(3,4)5/h8-10,14H,6-7,11,17H2,1-5H3. The third-order valence-corrected chi connectivity index (χ3v) is 3.15. The zero-order chi connectivity index (χ0) is 13.8. The molecule has 1 unspecified atom stereocenters. The quantitative estimate of drug-likeness (QED) is 0.861. The summed E-state index contributed by atoms with van der Waals surface area (Å²) in [6, 6.07) is 6.56. The lowest BCUT2D eigenvalue weighted by Gasteiger charge is -2.21. The van der Waals surface area contributed by atoms with Crippen LogP contribution < -0.4 is 10.5 Å². The summed E-state index contributed by atoms with van der Waals surface area (Å²) in [6.07, 6.45) is 2.12. The van der Waals surface area contributed by atoms with Crippen molar-refractivity contribution in [1.82, 2.24) is 0 Å². The van der Waals surface area contributed by atoms with Crippen LogP contribution in [0, 0.1) is 6.92 Å². The smallest absolute Gasteiger partial charge is 0.122 e. The molecule has 2 N–H and O–H groups in total. The molecule has 0 aliphatic carbocycles. The lowest BCUT2D eigenvalue weighted by atomic mass is 9.86. The zero-order valence-corrected chi connectivity index (χ0v) is 12.4. The van der Waals surface area contributed by atoms with E-state index in [2.05, 4.69) is 52.8 Å². The molecule has 18 heavy (non-hydrogen) atoms. The van der Waals surface area contributed by atoms with Crippen molar-refractivity contribution in [2.24, 2.45) is 5.73 Å². The van der Waals surface area contributed by atoms with Crippen molar-refractivity contribution in [3.05, 3.63) is 29.3 Å². The van der Waals surface area contributed by atoms with E-state index in [1.807, 2.05) is 0 Å². The van der Waals surface area contributed by atoms with Crippen LogP contribution in [0.4, 0.5) is 0 Å². The van der Waals surface area contributed by atoms with Gasteiger partial charge in [-0.1, -0.05) is 46.2 Å². The van der Waals surface area contributed by atoms with E-state index >= 15 is 0 Å². The number of aryl methyl sites for hydroxylation is 1. The van der Waals surface area contributed by atoms with Gasteiger partial charge in [0.1, 0.15) is 12.4 Å². The Hall–Kier alpha value is -1.02. The Kier molecular flexibility index (Phi) is 5.21. The molecule has 1 aromatic rings. The summed E-state index contributed by atoms with van der Waals surface area (Å²) in [5, 5.41) is 0. The minimum Gasteiger partial charge on any atom is -0.492 e. The van der Waals surface area contributed by atoms with E-state index in [1.54, 1.807) is 0 Å². The number of hydrogen-bond acceptors (Lipinski definition) is 2. The second-order valence-electron chi connectivity index (χ2n) is 6.09. The number of rotatable bonds is 5. The van der Waals surface area contributed by atoms with Crippen LogP contribution in [-0.2, 0) is 5.41 Å². The summed E-state index contributed by atoms with van der Waals surface area (Å²) in [5.74, 6) is 0.953. The van der Waals surface area contributed by atoms with Crippen LogP contribution in [-0.4, -0.2) is 12.6 Å². The second-order valence-corrected chi connectivity index (χ2v) is 6.09. The Morgan fingerprint density at radius 1 is 1.28 bits per heavy atom. The number of ether oxygens (including phenoxy) is 1. The van der Waals surface area contributed by atoms with E-state index in [-0.39, 0.29) is 11.5 Å². The van der Waals surface area contributed by atoms with Gasteiger partial charge < -0.3 is 10.5 Å². The molecule has 0 saturated heterocycles. The van der Waals surface area contributed by atoms with Crippen LogP contribution in [0.1, 0.15) is 51.7 Å². The van der Waals surface area contributed by atoms with Crippen LogP contribution >= 0.6 is 0 Å². The predicted molar refractivity (Wildman–Crippen MR) is 78.3 cm³/mol. The molecule has 102 valence electrons. The van der Waals surface area contributed by atoms with Gasteiger partial charge >= 0.3 is 0 Å². The summed E-state index contributed by atoms with van der Waals surface area (Å²) in [5.41, 5.74) is 8.66. The molecule has 0 bridgehead atoms. The highest BCUT2D eigenvalue weighted by atomic mass is 16.5. The first-order valence-electron chi connectivity index (χ1n) is 6.84. The molecular weight excluding hydrogens is 222 g/mol. The van der Waals surface area contributed by atoms with Crippen molar-refractivity contribution >= 4 is 0 Å². The van der Waals surface area contributed by atoms with E-state index in [1.165, 1.54) is 11.1 Å². The van der Waals surface area contributed by atoms with Crippen molar-refractivity contribution in [3.8, 4) is 5.75 Å². The number of nitrogens with two attached hydrogens (primary N) is 1. The molecule has 0 radical (unpaired) electrons. The molecule has 0 spiro atoms. The Labute approximate surface area is 112 Å². The fraction of sp³-hybridized carbons (Fsp3) is 0.625. The molecule has 1 rings (SSSR count). The summed E-state index contributed by atoms with van der Waals surface area (Å²) < 4.78 is 5.79. The molecule has 0 fully saturated rings. The average Bonchev–Trinajstić information content (AvgIpc) is 2.26. The molecule has 0 saturated carbocycles. The molecule has 0 amide bonds. The summed E-state index contributed by atoms with van der Waals surface area (Å²) >= 11 is 0. The second kappa shape index (κ2) is 6.24. The molecule has 0 aromatic heterocycles. The van der Waals surface area contributed by atoms with E-state index in [0.29, 0.717) is 6.61 Å². The monoisotopic (exact) mass is 249 g/mol. The summed E-state index contributed by atoms with van der Waals surface area (Å²) in [4.78, 5) is 0. The normalized spacial score (nSPS) is 13.4. The molecule has 0 heterocycles. The fourth-order valence-electron chi connectivity index (χ4n) is 1.93. The first-order valence-corrected chi connectivity index (χ1v) is 6.84. The van der Waals surface area contributed by atoms with Gasteiger partial charge in [0.05, 0.1) is 0 Å². The third kappa shape index (κ3) is 4.34. The van der Waals surface area contributed by atoms with Gasteiger partial charge in [0, 0.05) is 6.04 Å². The SMILES string of the molecule is CCCC(N)COc1ccc(C(C)(C)C)cc1C. The van der Waals surface area contributed by atoms with Gasteiger partial charge in [0.2, 0.25) is 0 Å². The highest BCUT2D eigenvalue weighted by Gasteiger charge is 2.14. The lowest BCUT2D eigenvalue weighted by Crippen LogP contribution is -2.27. The number of hydrogen-bond donors (Lipinski definition) is 1. The van der Waals surface area contributed by atoms with Gasteiger partial charge in [-0.05, 0) is 36.0 Å². The van der Waals surface area contributed by atoms with Crippen molar-refractivity contribution < 1.29 is 4.74 Å². The molecule has 2 heteroatoms. The molecule has 1 aromatic carbocycles. The predicted octanol–water partition coefficient (Wildman–Crippen LogP) is 3.80. The molecule has 0 aliphatic heterocycles. The van der Waals surface area contributed by atoms with Gasteiger partial charge in [-0.2, -0.15) is 0 Å². The largest absolute Gasteiger partial charge is 0.492 e. The first kappa shape index (κ1) is 15.0. The zero-order valence-electron chi connectivity index (χ0n) is 12.4. The van der Waals surface area contributed by atoms with E-state index in [9.17, 15) is 0 Å². The first-order chi connectivity index (χ1) is 8.34. The maximum atomic E-state index is 5.96. The molecular formula is C16H27NO. The van der Waals surface area contributed by atoms with Gasteiger partial charge in [0.25, 0.3) is 0 Å². The summed E-state index contributed by atoms with van der Waals surface area (Å²) in [6.45, 7) is 11.5. The molecule has 1 atom stereocenters. The maximum absolute atomic E-state index is 5.96. The Morgan fingerprint density at radius 3 is 2.44 bits per heavy atom. The maximum Gasteiger partial charge on any atom is 0.122 e. The Balaban J connectivity index is 2.69. The van der Waals surface area contributed by atoms with Gasteiger partial charge in [-0.3, -0.25) is 0 Å². The Bertz CT molecular complexity index is 379. The van der Waals surface area contributed by atoms with Crippen LogP contribution in [0.25, 0.3) is 0 Å². The number of benzene rings is 1.